The smallest absolute Gasteiger partial charge is 0.131 e. The largest absolute Gasteiger partial charge is 0.370 e. The maximum absolute atomic E-state index is 4.40. The van der Waals surface area contributed by atoms with Crippen LogP contribution in [0.3, 0.4) is 0 Å². The number of halogens is 1. The van der Waals surface area contributed by atoms with Gasteiger partial charge in [-0.2, -0.15) is 0 Å². The van der Waals surface area contributed by atoms with Crippen molar-refractivity contribution in [2.45, 2.75) is 39.5 Å². The zero-order valence-corrected chi connectivity index (χ0v) is 11.0. The van der Waals surface area contributed by atoms with Crippen molar-refractivity contribution in [1.29, 1.82) is 0 Å². The first-order valence-electron chi connectivity index (χ1n) is 5.53. The first kappa shape index (κ1) is 12.4. The Bertz CT molecular complexity index is 302. The molecule has 1 rings (SSSR count). The molecule has 0 fully saturated rings. The first-order chi connectivity index (χ1) is 7.26. The number of hydrogen-bond acceptors (Lipinski definition) is 3. The van der Waals surface area contributed by atoms with Crippen molar-refractivity contribution in [3.8, 4) is 0 Å². The van der Waals surface area contributed by atoms with Crippen LogP contribution in [0.1, 0.15) is 38.9 Å². The molecule has 84 valence electrons. The van der Waals surface area contributed by atoms with Crippen molar-refractivity contribution in [2.24, 2.45) is 0 Å². The predicted molar refractivity (Wildman–Crippen MR) is 67.1 cm³/mol. The second kappa shape index (κ2) is 6.77. The summed E-state index contributed by atoms with van der Waals surface area (Å²) in [6, 6.07) is 1.92. The van der Waals surface area contributed by atoms with E-state index >= 15 is 0 Å². The quantitative estimate of drug-likeness (QED) is 0.637. The van der Waals surface area contributed by atoms with Crippen LogP contribution in [0.5, 0.6) is 0 Å². The van der Waals surface area contributed by atoms with Gasteiger partial charge in [-0.05, 0) is 22.4 Å². The van der Waals surface area contributed by atoms with Crippen LogP contribution in [0.2, 0.25) is 0 Å². The van der Waals surface area contributed by atoms with Crippen molar-refractivity contribution < 1.29 is 0 Å². The van der Waals surface area contributed by atoms with E-state index in [1.54, 1.807) is 0 Å². The predicted octanol–water partition coefficient (Wildman–Crippen LogP) is 3.40. The third-order valence-electron chi connectivity index (χ3n) is 2.14. The second-order valence-corrected chi connectivity index (χ2v) is 4.29. The standard InChI is InChI=1S/C11H18BrN3/c1-3-5-6-7-13-11-8-9(12)14-10(4-2)15-11/h8H,3-7H2,1-2H3,(H,13,14,15). The van der Waals surface area contributed by atoms with Crippen LogP contribution in [0.4, 0.5) is 5.82 Å². The third kappa shape index (κ3) is 4.60. The Morgan fingerprint density at radius 3 is 2.73 bits per heavy atom. The van der Waals surface area contributed by atoms with E-state index in [1.807, 2.05) is 6.07 Å². The van der Waals surface area contributed by atoms with E-state index in [1.165, 1.54) is 19.3 Å². The van der Waals surface area contributed by atoms with Crippen molar-refractivity contribution >= 4 is 21.7 Å². The Balaban J connectivity index is 2.49. The van der Waals surface area contributed by atoms with Gasteiger partial charge in [0.25, 0.3) is 0 Å². The average molecular weight is 272 g/mol. The minimum Gasteiger partial charge on any atom is -0.370 e. The zero-order valence-electron chi connectivity index (χ0n) is 9.39. The summed E-state index contributed by atoms with van der Waals surface area (Å²) in [5.74, 6) is 1.80. The number of anilines is 1. The van der Waals surface area contributed by atoms with Gasteiger partial charge in [0.1, 0.15) is 16.2 Å². The molecule has 0 spiro atoms. The van der Waals surface area contributed by atoms with Crippen molar-refractivity contribution in [2.75, 3.05) is 11.9 Å². The van der Waals surface area contributed by atoms with Gasteiger partial charge >= 0.3 is 0 Å². The summed E-state index contributed by atoms with van der Waals surface area (Å²) in [6.07, 6.45) is 4.57. The molecule has 0 aliphatic carbocycles. The number of hydrogen-bond donors (Lipinski definition) is 1. The SMILES string of the molecule is CCCCCNc1cc(Br)nc(CC)n1. The monoisotopic (exact) mass is 271 g/mol. The van der Waals surface area contributed by atoms with Gasteiger partial charge in [0, 0.05) is 19.0 Å². The first-order valence-corrected chi connectivity index (χ1v) is 6.33. The van der Waals surface area contributed by atoms with E-state index in [-0.39, 0.29) is 0 Å². The molecule has 3 nitrogen and oxygen atoms in total. The maximum atomic E-state index is 4.40. The van der Waals surface area contributed by atoms with Crippen LogP contribution in [0.15, 0.2) is 10.7 Å². The van der Waals surface area contributed by atoms with Crippen LogP contribution in [-0.2, 0) is 6.42 Å². The van der Waals surface area contributed by atoms with E-state index < -0.39 is 0 Å². The summed E-state index contributed by atoms with van der Waals surface area (Å²) in [7, 11) is 0. The van der Waals surface area contributed by atoms with Crippen LogP contribution >= 0.6 is 15.9 Å². The lowest BCUT2D eigenvalue weighted by molar-refractivity contribution is 0.741. The summed E-state index contributed by atoms with van der Waals surface area (Å²) in [5, 5.41) is 3.31. The van der Waals surface area contributed by atoms with Gasteiger partial charge in [-0.3, -0.25) is 0 Å². The number of rotatable bonds is 6. The summed E-state index contributed by atoms with van der Waals surface area (Å²) >= 11 is 3.39. The maximum Gasteiger partial charge on any atom is 0.131 e. The number of aryl methyl sites for hydroxylation is 1. The van der Waals surface area contributed by atoms with Gasteiger partial charge in [0.15, 0.2) is 0 Å². The average Bonchev–Trinajstić information content (AvgIpc) is 2.23. The highest BCUT2D eigenvalue weighted by Gasteiger charge is 2.00. The van der Waals surface area contributed by atoms with Crippen molar-refractivity contribution in [1.82, 2.24) is 9.97 Å². The number of aromatic nitrogens is 2. The highest BCUT2D eigenvalue weighted by molar-refractivity contribution is 9.10. The summed E-state index contributed by atoms with van der Waals surface area (Å²) in [5.41, 5.74) is 0. The Morgan fingerprint density at radius 2 is 2.07 bits per heavy atom. The van der Waals surface area contributed by atoms with Crippen LogP contribution in [-0.4, -0.2) is 16.5 Å². The molecule has 4 heteroatoms. The van der Waals surface area contributed by atoms with Gasteiger partial charge in [-0.15, -0.1) is 0 Å². The fourth-order valence-corrected chi connectivity index (χ4v) is 1.73. The molecular weight excluding hydrogens is 254 g/mol. The Labute approximate surface area is 99.8 Å². The number of nitrogens with one attached hydrogen (secondary N) is 1. The molecule has 1 aromatic rings. The minimum absolute atomic E-state index is 0.854. The molecule has 0 radical (unpaired) electrons. The summed E-state index contributed by atoms with van der Waals surface area (Å²) in [6.45, 7) is 5.25. The lowest BCUT2D eigenvalue weighted by Crippen LogP contribution is -2.05. The third-order valence-corrected chi connectivity index (χ3v) is 2.55. The molecule has 0 unspecified atom stereocenters. The molecule has 0 saturated heterocycles. The van der Waals surface area contributed by atoms with Crippen molar-refractivity contribution in [3.05, 3.63) is 16.5 Å². The van der Waals surface area contributed by atoms with E-state index in [4.69, 9.17) is 0 Å². The minimum atomic E-state index is 0.854. The molecule has 0 amide bonds. The molecule has 0 aliphatic rings. The topological polar surface area (TPSA) is 37.8 Å². The molecule has 1 N–H and O–H groups in total. The number of nitrogens with zero attached hydrogens (tertiary/aromatic N) is 2. The molecule has 0 aliphatic heterocycles. The summed E-state index contributed by atoms with van der Waals surface area (Å²) < 4.78 is 0.854. The highest BCUT2D eigenvalue weighted by Crippen LogP contribution is 2.12. The van der Waals surface area contributed by atoms with E-state index in [0.717, 1.165) is 29.2 Å². The highest BCUT2D eigenvalue weighted by atomic mass is 79.9. The van der Waals surface area contributed by atoms with Crippen LogP contribution in [0, 0.1) is 0 Å². The van der Waals surface area contributed by atoms with Crippen LogP contribution in [0.25, 0.3) is 0 Å². The van der Waals surface area contributed by atoms with Gasteiger partial charge in [0.05, 0.1) is 0 Å². The Hall–Kier alpha value is -0.640. The molecule has 0 bridgehead atoms. The second-order valence-electron chi connectivity index (χ2n) is 3.48. The van der Waals surface area contributed by atoms with E-state index in [2.05, 4.69) is 45.1 Å². The molecular formula is C11H18BrN3. The fraction of sp³-hybridized carbons (Fsp3) is 0.636. The van der Waals surface area contributed by atoms with Gasteiger partial charge in [0.2, 0.25) is 0 Å². The molecule has 15 heavy (non-hydrogen) atoms. The molecule has 0 aromatic carbocycles. The fourth-order valence-electron chi connectivity index (χ4n) is 1.30. The summed E-state index contributed by atoms with van der Waals surface area (Å²) in [4.78, 5) is 8.66. The number of unbranched alkanes of at least 4 members (excludes halogenated alkanes) is 2. The zero-order chi connectivity index (χ0) is 11.1. The van der Waals surface area contributed by atoms with Crippen molar-refractivity contribution in [3.63, 3.8) is 0 Å². The van der Waals surface area contributed by atoms with Gasteiger partial charge in [-0.1, -0.05) is 26.7 Å². The molecule has 0 saturated carbocycles. The molecule has 0 atom stereocenters. The Morgan fingerprint density at radius 1 is 1.27 bits per heavy atom. The van der Waals surface area contributed by atoms with E-state index in [0.29, 0.717) is 0 Å². The lowest BCUT2D eigenvalue weighted by Gasteiger charge is -2.06. The van der Waals surface area contributed by atoms with E-state index in [9.17, 15) is 0 Å². The molecule has 1 heterocycles. The van der Waals surface area contributed by atoms with Crippen LogP contribution < -0.4 is 5.32 Å². The molecule has 1 aromatic heterocycles. The normalized spacial score (nSPS) is 10.3. The lowest BCUT2D eigenvalue weighted by atomic mass is 10.2. The Kier molecular flexibility index (Phi) is 5.61. The van der Waals surface area contributed by atoms with Gasteiger partial charge in [-0.25, -0.2) is 9.97 Å². The van der Waals surface area contributed by atoms with Gasteiger partial charge < -0.3 is 5.32 Å².